The van der Waals surface area contributed by atoms with Gasteiger partial charge in [-0.1, -0.05) is 24.3 Å². The molecule has 1 N–H and O–H groups in total. The minimum absolute atomic E-state index is 0.0719. The number of fused-ring (bicyclic) bond motifs is 1. The fraction of sp³-hybridized carbons (Fsp3) is 0.412. The van der Waals surface area contributed by atoms with Gasteiger partial charge in [-0.3, -0.25) is 9.78 Å². The summed E-state index contributed by atoms with van der Waals surface area (Å²) in [6.45, 7) is 2.45. The van der Waals surface area contributed by atoms with Crippen molar-refractivity contribution in [2.75, 3.05) is 6.54 Å². The molecule has 3 rings (SSSR count). The first kappa shape index (κ1) is 14.0. The van der Waals surface area contributed by atoms with E-state index in [9.17, 15) is 9.90 Å². The quantitative estimate of drug-likeness (QED) is 0.922. The smallest absolute Gasteiger partial charge is 0.273 e. The minimum atomic E-state index is -0.510. The molecule has 1 aliphatic heterocycles. The van der Waals surface area contributed by atoms with Gasteiger partial charge in [-0.2, -0.15) is 0 Å². The Hall–Kier alpha value is -1.94. The fourth-order valence-electron chi connectivity index (χ4n) is 3.14. The maximum atomic E-state index is 12.9. The van der Waals surface area contributed by atoms with Gasteiger partial charge in [0.15, 0.2) is 0 Å². The van der Waals surface area contributed by atoms with Crippen molar-refractivity contribution in [1.29, 1.82) is 0 Å². The summed E-state index contributed by atoms with van der Waals surface area (Å²) in [5.74, 6) is -0.0719. The zero-order valence-corrected chi connectivity index (χ0v) is 12.2. The predicted molar refractivity (Wildman–Crippen MR) is 82.1 cm³/mol. The molecule has 1 saturated heterocycles. The topological polar surface area (TPSA) is 53.4 Å². The normalized spacial score (nSPS) is 20.5. The number of carbonyl (C=O) groups is 1. The minimum Gasteiger partial charge on any atom is -0.391 e. The van der Waals surface area contributed by atoms with Crippen molar-refractivity contribution >= 4 is 16.7 Å². The lowest BCUT2D eigenvalue weighted by Crippen LogP contribution is -2.49. The van der Waals surface area contributed by atoms with Crippen LogP contribution in [-0.2, 0) is 0 Å². The van der Waals surface area contributed by atoms with E-state index in [1.807, 2.05) is 30.3 Å². The maximum Gasteiger partial charge on any atom is 0.273 e. The zero-order chi connectivity index (χ0) is 14.8. The van der Waals surface area contributed by atoms with Crippen LogP contribution in [0.25, 0.3) is 10.8 Å². The van der Waals surface area contributed by atoms with Gasteiger partial charge in [-0.15, -0.1) is 0 Å². The first-order chi connectivity index (χ1) is 10.2. The van der Waals surface area contributed by atoms with E-state index in [1.54, 1.807) is 18.0 Å². The molecule has 0 radical (unpaired) electrons. The van der Waals surface area contributed by atoms with Crippen molar-refractivity contribution in [3.8, 4) is 0 Å². The number of aromatic nitrogens is 1. The molecule has 1 aromatic carbocycles. The summed E-state index contributed by atoms with van der Waals surface area (Å²) in [5, 5.41) is 11.8. The number of hydrogen-bond acceptors (Lipinski definition) is 3. The number of amides is 1. The third kappa shape index (κ3) is 2.63. The van der Waals surface area contributed by atoms with E-state index < -0.39 is 6.10 Å². The number of nitrogens with zero attached hydrogens (tertiary/aromatic N) is 2. The Morgan fingerprint density at radius 2 is 2.14 bits per heavy atom. The summed E-state index contributed by atoms with van der Waals surface area (Å²) in [4.78, 5) is 19.0. The summed E-state index contributed by atoms with van der Waals surface area (Å²) < 4.78 is 0. The molecule has 2 heterocycles. The molecule has 1 fully saturated rings. The number of carbonyl (C=O) groups excluding carboxylic acids is 1. The van der Waals surface area contributed by atoms with Crippen molar-refractivity contribution in [3.63, 3.8) is 0 Å². The molecule has 1 amide bonds. The monoisotopic (exact) mass is 284 g/mol. The molecule has 110 valence electrons. The Labute approximate surface area is 124 Å². The van der Waals surface area contributed by atoms with Gasteiger partial charge in [-0.25, -0.2) is 0 Å². The lowest BCUT2D eigenvalue weighted by Gasteiger charge is -2.37. The number of aliphatic hydroxyl groups excluding tert-OH is 1. The van der Waals surface area contributed by atoms with Crippen LogP contribution in [0, 0.1) is 0 Å². The first-order valence-electron chi connectivity index (χ1n) is 7.51. The van der Waals surface area contributed by atoms with Gasteiger partial charge < -0.3 is 10.0 Å². The predicted octanol–water partition coefficient (Wildman–Crippen LogP) is 2.61. The third-order valence-electron chi connectivity index (χ3n) is 4.24. The summed E-state index contributed by atoms with van der Waals surface area (Å²) in [6, 6.07) is 9.59. The van der Waals surface area contributed by atoms with E-state index in [0.717, 1.165) is 30.0 Å². The highest BCUT2D eigenvalue weighted by Gasteiger charge is 2.31. The van der Waals surface area contributed by atoms with E-state index in [1.165, 1.54) is 0 Å². The summed E-state index contributed by atoms with van der Waals surface area (Å²) in [5.41, 5.74) is 0.487. The highest BCUT2D eigenvalue weighted by Crippen LogP contribution is 2.24. The van der Waals surface area contributed by atoms with Crippen LogP contribution in [-0.4, -0.2) is 39.6 Å². The van der Waals surface area contributed by atoms with Crippen molar-refractivity contribution in [2.45, 2.75) is 38.3 Å². The van der Waals surface area contributed by atoms with Crippen molar-refractivity contribution in [1.82, 2.24) is 9.88 Å². The van der Waals surface area contributed by atoms with Crippen LogP contribution >= 0.6 is 0 Å². The Kier molecular flexibility index (Phi) is 3.88. The van der Waals surface area contributed by atoms with Crippen molar-refractivity contribution in [2.24, 2.45) is 0 Å². The Morgan fingerprint density at radius 3 is 2.95 bits per heavy atom. The zero-order valence-electron chi connectivity index (χ0n) is 12.2. The number of pyridine rings is 1. The molecule has 4 heteroatoms. The van der Waals surface area contributed by atoms with Gasteiger partial charge in [0.1, 0.15) is 5.69 Å². The highest BCUT2D eigenvalue weighted by molar-refractivity contribution is 6.05. The Morgan fingerprint density at radius 1 is 1.33 bits per heavy atom. The molecule has 4 nitrogen and oxygen atoms in total. The van der Waals surface area contributed by atoms with Gasteiger partial charge in [0.25, 0.3) is 5.91 Å². The number of benzene rings is 1. The van der Waals surface area contributed by atoms with Gasteiger partial charge in [0, 0.05) is 18.1 Å². The summed E-state index contributed by atoms with van der Waals surface area (Å²) >= 11 is 0. The lowest BCUT2D eigenvalue weighted by atomic mass is 9.97. The second-order valence-electron chi connectivity index (χ2n) is 5.68. The van der Waals surface area contributed by atoms with Crippen LogP contribution in [0.15, 0.2) is 36.5 Å². The molecule has 21 heavy (non-hydrogen) atoms. The SMILES string of the molecule is C[C@H](O)[C@@H]1CCCCN1C(=O)c1nccc2ccccc12. The highest BCUT2D eigenvalue weighted by atomic mass is 16.3. The molecule has 0 unspecified atom stereocenters. The van der Waals surface area contributed by atoms with E-state index in [-0.39, 0.29) is 11.9 Å². The third-order valence-corrected chi connectivity index (χ3v) is 4.24. The number of hydrogen-bond donors (Lipinski definition) is 1. The molecule has 0 saturated carbocycles. The van der Waals surface area contributed by atoms with Crippen LogP contribution in [0.2, 0.25) is 0 Å². The molecule has 1 aromatic heterocycles. The maximum absolute atomic E-state index is 12.9. The van der Waals surface area contributed by atoms with Gasteiger partial charge in [-0.05, 0) is 37.6 Å². The summed E-state index contributed by atoms with van der Waals surface area (Å²) in [7, 11) is 0. The van der Waals surface area contributed by atoms with Crippen LogP contribution in [0.5, 0.6) is 0 Å². The van der Waals surface area contributed by atoms with Crippen molar-refractivity contribution in [3.05, 3.63) is 42.2 Å². The largest absolute Gasteiger partial charge is 0.391 e. The van der Waals surface area contributed by atoms with E-state index in [2.05, 4.69) is 4.98 Å². The number of aliphatic hydroxyl groups is 1. The standard InChI is InChI=1S/C17H20N2O2/c1-12(20)15-8-4-5-11-19(15)17(21)16-14-7-3-2-6-13(14)9-10-18-16/h2-3,6-7,9-10,12,15,20H,4-5,8,11H2,1H3/t12-,15-/m0/s1. The number of piperidine rings is 1. The van der Waals surface area contributed by atoms with Gasteiger partial charge >= 0.3 is 0 Å². The fourth-order valence-corrected chi connectivity index (χ4v) is 3.14. The molecule has 0 bridgehead atoms. The second-order valence-corrected chi connectivity index (χ2v) is 5.68. The Balaban J connectivity index is 1.99. The average molecular weight is 284 g/mol. The summed E-state index contributed by atoms with van der Waals surface area (Å²) in [6.07, 6.45) is 4.07. The van der Waals surface area contributed by atoms with Crippen molar-refractivity contribution < 1.29 is 9.90 Å². The second kappa shape index (κ2) is 5.82. The molecule has 2 aromatic rings. The average Bonchev–Trinajstić information content (AvgIpc) is 2.53. The van der Waals surface area contributed by atoms with E-state index in [4.69, 9.17) is 0 Å². The molecular weight excluding hydrogens is 264 g/mol. The molecule has 2 atom stereocenters. The molecular formula is C17H20N2O2. The Bertz CT molecular complexity index is 649. The number of rotatable bonds is 2. The van der Waals surface area contributed by atoms with Crippen LogP contribution in [0.3, 0.4) is 0 Å². The van der Waals surface area contributed by atoms with E-state index >= 15 is 0 Å². The van der Waals surface area contributed by atoms with Gasteiger partial charge in [0.05, 0.1) is 12.1 Å². The van der Waals surface area contributed by atoms with Crippen LogP contribution < -0.4 is 0 Å². The van der Waals surface area contributed by atoms with Gasteiger partial charge in [0.2, 0.25) is 0 Å². The first-order valence-corrected chi connectivity index (χ1v) is 7.51. The lowest BCUT2D eigenvalue weighted by molar-refractivity contribution is 0.0278. The molecule has 0 spiro atoms. The molecule has 1 aliphatic rings. The van der Waals surface area contributed by atoms with E-state index in [0.29, 0.717) is 12.2 Å². The number of likely N-dealkylation sites (tertiary alicyclic amines) is 1. The van der Waals surface area contributed by atoms with Crippen LogP contribution in [0.1, 0.15) is 36.7 Å². The van der Waals surface area contributed by atoms with Crippen LogP contribution in [0.4, 0.5) is 0 Å². The molecule has 0 aliphatic carbocycles.